The van der Waals surface area contributed by atoms with Crippen molar-refractivity contribution in [1.82, 2.24) is 0 Å². The first-order chi connectivity index (χ1) is 11.8. The normalized spacial score (nSPS) is 19.2. The predicted molar refractivity (Wildman–Crippen MR) is 94.3 cm³/mol. The molecule has 2 bridgehead atoms. The van der Waals surface area contributed by atoms with Crippen molar-refractivity contribution < 1.29 is 9.47 Å². The van der Waals surface area contributed by atoms with Crippen LogP contribution in [-0.2, 0) is 0 Å². The summed E-state index contributed by atoms with van der Waals surface area (Å²) in [5, 5.41) is 0. The van der Waals surface area contributed by atoms with Gasteiger partial charge in [0.2, 0.25) is 0 Å². The first-order valence-corrected chi connectivity index (χ1v) is 8.26. The maximum absolute atomic E-state index is 5.48. The van der Waals surface area contributed by atoms with E-state index in [0.717, 1.165) is 11.5 Å². The Morgan fingerprint density at radius 2 is 0.958 bits per heavy atom. The van der Waals surface area contributed by atoms with Gasteiger partial charge in [0.1, 0.15) is 11.5 Å². The van der Waals surface area contributed by atoms with Crippen LogP contribution in [-0.4, -0.2) is 14.2 Å². The molecule has 3 aliphatic carbocycles. The summed E-state index contributed by atoms with van der Waals surface area (Å²) in [4.78, 5) is 0. The van der Waals surface area contributed by atoms with Crippen LogP contribution in [0.4, 0.5) is 0 Å². The number of ether oxygens (including phenoxy) is 2. The molecule has 3 aromatic rings. The summed E-state index contributed by atoms with van der Waals surface area (Å²) in [7, 11) is 3.46. The second-order valence-electron chi connectivity index (χ2n) is 6.48. The minimum atomic E-state index is 0.275. The van der Waals surface area contributed by atoms with Crippen LogP contribution < -0.4 is 9.47 Å². The van der Waals surface area contributed by atoms with Gasteiger partial charge in [-0.25, -0.2) is 0 Å². The quantitative estimate of drug-likeness (QED) is 0.470. The Bertz CT molecular complexity index is 879. The Hall–Kier alpha value is -2.74. The van der Waals surface area contributed by atoms with Crippen LogP contribution in [0.1, 0.15) is 45.2 Å². The second kappa shape index (κ2) is 4.88. The van der Waals surface area contributed by atoms with Gasteiger partial charge in [0.25, 0.3) is 0 Å². The fraction of sp³-hybridized carbons (Fsp3) is 0.182. The molecule has 2 heteroatoms. The van der Waals surface area contributed by atoms with Crippen molar-refractivity contribution in [2.75, 3.05) is 14.2 Å². The average molecular weight is 314 g/mol. The minimum Gasteiger partial charge on any atom is -0.497 e. The van der Waals surface area contributed by atoms with E-state index in [1.54, 1.807) is 14.2 Å². The first kappa shape index (κ1) is 13.7. The number of hydrogen-bond donors (Lipinski definition) is 0. The van der Waals surface area contributed by atoms with Gasteiger partial charge in [0.15, 0.2) is 0 Å². The molecule has 24 heavy (non-hydrogen) atoms. The number of rotatable bonds is 2. The maximum Gasteiger partial charge on any atom is 0.119 e. The fourth-order valence-corrected chi connectivity index (χ4v) is 4.43. The van der Waals surface area contributed by atoms with E-state index in [0.29, 0.717) is 0 Å². The van der Waals surface area contributed by atoms with Gasteiger partial charge in [-0.2, -0.15) is 0 Å². The number of hydrogen-bond acceptors (Lipinski definition) is 2. The Morgan fingerprint density at radius 3 is 1.38 bits per heavy atom. The Balaban J connectivity index is 1.83. The van der Waals surface area contributed by atoms with E-state index in [2.05, 4.69) is 60.7 Å². The summed E-state index contributed by atoms with van der Waals surface area (Å²) in [6.07, 6.45) is 0. The molecule has 0 heterocycles. The number of methoxy groups -OCH3 is 2. The van der Waals surface area contributed by atoms with Crippen molar-refractivity contribution in [1.29, 1.82) is 0 Å². The summed E-state index contributed by atoms with van der Waals surface area (Å²) in [6, 6.07) is 21.8. The summed E-state index contributed by atoms with van der Waals surface area (Å²) in [5.41, 5.74) is 8.36. The van der Waals surface area contributed by atoms with E-state index in [4.69, 9.17) is 9.47 Å². The van der Waals surface area contributed by atoms with Crippen LogP contribution in [0.15, 0.2) is 60.7 Å². The van der Waals surface area contributed by atoms with Crippen molar-refractivity contribution in [2.45, 2.75) is 11.8 Å². The molecule has 0 amide bonds. The molecule has 0 unspecified atom stereocenters. The van der Waals surface area contributed by atoms with Crippen LogP contribution in [0.3, 0.4) is 0 Å². The van der Waals surface area contributed by atoms with E-state index in [1.807, 2.05) is 0 Å². The molecule has 0 aliphatic heterocycles. The molecule has 3 aromatic carbocycles. The summed E-state index contributed by atoms with van der Waals surface area (Å²) in [6.45, 7) is 0. The highest BCUT2D eigenvalue weighted by Crippen LogP contribution is 2.56. The van der Waals surface area contributed by atoms with Crippen molar-refractivity contribution in [3.05, 3.63) is 94.0 Å². The molecule has 0 fully saturated rings. The molecule has 0 spiro atoms. The molecule has 2 nitrogen and oxygen atoms in total. The van der Waals surface area contributed by atoms with E-state index in [1.165, 1.54) is 33.4 Å². The van der Waals surface area contributed by atoms with Crippen LogP contribution >= 0.6 is 0 Å². The van der Waals surface area contributed by atoms with Crippen molar-refractivity contribution in [3.63, 3.8) is 0 Å². The third kappa shape index (κ3) is 1.66. The third-order valence-corrected chi connectivity index (χ3v) is 5.45. The van der Waals surface area contributed by atoms with Gasteiger partial charge in [-0.1, -0.05) is 36.4 Å². The van der Waals surface area contributed by atoms with E-state index in [9.17, 15) is 0 Å². The van der Waals surface area contributed by atoms with E-state index < -0.39 is 0 Å². The van der Waals surface area contributed by atoms with Crippen LogP contribution in [0.5, 0.6) is 11.5 Å². The molecular weight excluding hydrogens is 296 g/mol. The number of benzene rings is 3. The van der Waals surface area contributed by atoms with E-state index >= 15 is 0 Å². The fourth-order valence-electron chi connectivity index (χ4n) is 4.43. The molecule has 0 radical (unpaired) electrons. The first-order valence-electron chi connectivity index (χ1n) is 8.26. The molecule has 3 aliphatic rings. The summed E-state index contributed by atoms with van der Waals surface area (Å²) in [5.74, 6) is 2.40. The maximum atomic E-state index is 5.48. The molecule has 2 atom stereocenters. The Morgan fingerprint density at radius 1 is 0.542 bits per heavy atom. The van der Waals surface area contributed by atoms with Crippen LogP contribution in [0, 0.1) is 0 Å². The molecule has 0 aromatic heterocycles. The molecule has 0 N–H and O–H groups in total. The van der Waals surface area contributed by atoms with Gasteiger partial charge in [0.05, 0.1) is 14.2 Å². The lowest BCUT2D eigenvalue weighted by atomic mass is 9.61. The van der Waals surface area contributed by atoms with E-state index in [-0.39, 0.29) is 11.8 Å². The molecule has 0 saturated heterocycles. The highest BCUT2D eigenvalue weighted by atomic mass is 16.5. The van der Waals surface area contributed by atoms with Gasteiger partial charge >= 0.3 is 0 Å². The second-order valence-corrected chi connectivity index (χ2v) is 6.48. The van der Waals surface area contributed by atoms with Crippen LogP contribution in [0.2, 0.25) is 0 Å². The highest BCUT2D eigenvalue weighted by molar-refractivity contribution is 5.69. The molecule has 118 valence electrons. The van der Waals surface area contributed by atoms with Crippen molar-refractivity contribution in [3.8, 4) is 11.5 Å². The smallest absolute Gasteiger partial charge is 0.119 e. The van der Waals surface area contributed by atoms with Crippen LogP contribution in [0.25, 0.3) is 0 Å². The average Bonchev–Trinajstić information content (AvgIpc) is 2.66. The van der Waals surface area contributed by atoms with Crippen molar-refractivity contribution >= 4 is 0 Å². The van der Waals surface area contributed by atoms with Crippen molar-refractivity contribution in [2.24, 2.45) is 0 Å². The topological polar surface area (TPSA) is 18.5 Å². The third-order valence-electron chi connectivity index (χ3n) is 5.45. The zero-order valence-corrected chi connectivity index (χ0v) is 13.7. The molecule has 6 rings (SSSR count). The highest BCUT2D eigenvalue weighted by Gasteiger charge is 2.41. The summed E-state index contributed by atoms with van der Waals surface area (Å²) < 4.78 is 11.0. The SMILES string of the molecule is COc1ccc2c(c1)[C@@H]1c3ccccc3[C@H]2c2cc(OC)ccc21. The van der Waals surface area contributed by atoms with Gasteiger partial charge in [-0.3, -0.25) is 0 Å². The lowest BCUT2D eigenvalue weighted by molar-refractivity contribution is 0.412. The summed E-state index contributed by atoms with van der Waals surface area (Å²) >= 11 is 0. The van der Waals surface area contributed by atoms with Gasteiger partial charge in [-0.05, 0) is 57.6 Å². The van der Waals surface area contributed by atoms with Gasteiger partial charge < -0.3 is 9.47 Å². The predicted octanol–water partition coefficient (Wildman–Crippen LogP) is 4.69. The molecule has 0 saturated carbocycles. The van der Waals surface area contributed by atoms with Gasteiger partial charge in [-0.15, -0.1) is 0 Å². The Kier molecular flexibility index (Phi) is 2.78. The largest absolute Gasteiger partial charge is 0.497 e. The standard InChI is InChI=1S/C22H18O2/c1-23-13-7-9-17-19(11-13)21-15-5-3-4-6-16(15)22(17)20-12-14(24-2)8-10-18(20)21/h3-12,21-22H,1-2H3/t21-,22-/m1/s1. The lowest BCUT2D eigenvalue weighted by Gasteiger charge is -2.42. The zero-order chi connectivity index (χ0) is 16.3. The zero-order valence-electron chi connectivity index (χ0n) is 13.7. The minimum absolute atomic E-state index is 0.275. The molecular formula is C22H18O2. The Labute approximate surface area is 141 Å². The van der Waals surface area contributed by atoms with Gasteiger partial charge in [0, 0.05) is 11.8 Å². The monoisotopic (exact) mass is 314 g/mol. The lowest BCUT2D eigenvalue weighted by Crippen LogP contribution is -2.27.